The van der Waals surface area contributed by atoms with Gasteiger partial charge in [-0.2, -0.15) is 0 Å². The van der Waals surface area contributed by atoms with Crippen molar-refractivity contribution < 1.29 is 9.53 Å². The summed E-state index contributed by atoms with van der Waals surface area (Å²) in [5, 5.41) is 2.67. The van der Waals surface area contributed by atoms with Gasteiger partial charge >= 0.3 is 6.09 Å². The molecule has 3 heteroatoms. The quantitative estimate of drug-likeness (QED) is 0.633. The maximum Gasteiger partial charge on any atom is 0.413 e. The zero-order valence-corrected chi connectivity index (χ0v) is 6.70. The Labute approximate surface area is 70.3 Å². The van der Waals surface area contributed by atoms with Gasteiger partial charge in [-0.15, -0.1) is 0 Å². The number of ether oxygens (including phenoxy) is 1. The molecule has 12 heavy (non-hydrogen) atoms. The Balaban J connectivity index is 2.47. The second kappa shape index (κ2) is 2.52. The molecule has 1 aromatic carbocycles. The van der Waals surface area contributed by atoms with Crippen molar-refractivity contribution in [3.63, 3.8) is 0 Å². The molecule has 2 rings (SSSR count). The smallest absolute Gasteiger partial charge is 0.410 e. The number of para-hydroxylation sites is 1. The Kier molecular flexibility index (Phi) is 1.50. The predicted octanol–water partition coefficient (Wildman–Crippen LogP) is 1.85. The summed E-state index contributed by atoms with van der Waals surface area (Å²) in [6.07, 6.45) is -0.374. The first-order valence-electron chi connectivity index (χ1n) is 3.84. The van der Waals surface area contributed by atoms with Crippen LogP contribution in [0.2, 0.25) is 0 Å². The average Bonchev–Trinajstić information content (AvgIpc) is 2.04. The molecule has 1 aliphatic heterocycles. The highest BCUT2D eigenvalue weighted by Crippen LogP contribution is 2.27. The number of nitrogens with one attached hydrogen (secondary N) is 1. The molecule has 0 aromatic heterocycles. The van der Waals surface area contributed by atoms with Crippen molar-refractivity contribution >= 4 is 6.09 Å². The van der Waals surface area contributed by atoms with Crippen LogP contribution in [-0.2, 0) is 0 Å². The summed E-state index contributed by atoms with van der Waals surface area (Å²) in [6, 6.07) is 7.56. The summed E-state index contributed by atoms with van der Waals surface area (Å²) in [6.45, 7) is 1.93. The van der Waals surface area contributed by atoms with Gasteiger partial charge in [0.25, 0.3) is 0 Å². The molecule has 0 bridgehead atoms. The standard InChI is InChI=1S/C9H9NO2/c1-6-7-4-2-3-5-8(7)12-9(11)10-6/h2-6H,1H3,(H,10,11). The molecule has 1 amide bonds. The predicted molar refractivity (Wildman–Crippen MR) is 44.0 cm³/mol. The van der Waals surface area contributed by atoms with Crippen molar-refractivity contribution in [2.45, 2.75) is 13.0 Å². The van der Waals surface area contributed by atoms with Crippen molar-refractivity contribution in [2.24, 2.45) is 0 Å². The topological polar surface area (TPSA) is 38.3 Å². The highest BCUT2D eigenvalue weighted by molar-refractivity contribution is 5.73. The van der Waals surface area contributed by atoms with Crippen LogP contribution in [0.5, 0.6) is 5.75 Å². The van der Waals surface area contributed by atoms with E-state index in [1.165, 1.54) is 0 Å². The number of fused-ring (bicyclic) bond motifs is 1. The number of carbonyl (C=O) groups excluding carboxylic acids is 1. The van der Waals surface area contributed by atoms with E-state index in [9.17, 15) is 4.79 Å². The Morgan fingerprint density at radius 3 is 3.00 bits per heavy atom. The first kappa shape index (κ1) is 7.16. The molecule has 1 N–H and O–H groups in total. The number of carbonyl (C=O) groups is 1. The average molecular weight is 163 g/mol. The van der Waals surface area contributed by atoms with Gasteiger partial charge in [0, 0.05) is 5.56 Å². The van der Waals surface area contributed by atoms with Gasteiger partial charge in [-0.3, -0.25) is 0 Å². The Morgan fingerprint density at radius 2 is 2.17 bits per heavy atom. The number of amides is 1. The van der Waals surface area contributed by atoms with E-state index in [1.807, 2.05) is 25.1 Å². The van der Waals surface area contributed by atoms with Crippen LogP contribution < -0.4 is 10.1 Å². The third kappa shape index (κ3) is 1.03. The molecule has 0 radical (unpaired) electrons. The second-order valence-electron chi connectivity index (χ2n) is 2.79. The van der Waals surface area contributed by atoms with Crippen LogP contribution in [0, 0.1) is 0 Å². The van der Waals surface area contributed by atoms with Crippen molar-refractivity contribution in [3.05, 3.63) is 29.8 Å². The van der Waals surface area contributed by atoms with Crippen molar-refractivity contribution in [1.82, 2.24) is 5.32 Å². The number of rotatable bonds is 0. The molecule has 1 atom stereocenters. The molecule has 1 aromatic rings. The van der Waals surface area contributed by atoms with Gasteiger partial charge in [0.1, 0.15) is 5.75 Å². The minimum atomic E-state index is -0.374. The molecule has 0 saturated heterocycles. The molecule has 0 saturated carbocycles. The lowest BCUT2D eigenvalue weighted by atomic mass is 10.1. The lowest BCUT2D eigenvalue weighted by molar-refractivity contribution is 0.190. The minimum absolute atomic E-state index is 0.0439. The van der Waals surface area contributed by atoms with E-state index < -0.39 is 0 Å². The van der Waals surface area contributed by atoms with Crippen molar-refractivity contribution in [1.29, 1.82) is 0 Å². The maximum atomic E-state index is 10.9. The highest BCUT2D eigenvalue weighted by atomic mass is 16.6. The summed E-state index contributed by atoms with van der Waals surface area (Å²) >= 11 is 0. The lowest BCUT2D eigenvalue weighted by Gasteiger charge is -2.22. The largest absolute Gasteiger partial charge is 0.413 e. The highest BCUT2D eigenvalue weighted by Gasteiger charge is 2.21. The molecular formula is C9H9NO2. The normalized spacial score (nSPS) is 20.8. The van der Waals surface area contributed by atoms with Crippen LogP contribution in [0.3, 0.4) is 0 Å². The van der Waals surface area contributed by atoms with E-state index in [4.69, 9.17) is 4.74 Å². The zero-order valence-electron chi connectivity index (χ0n) is 6.70. The summed E-state index contributed by atoms with van der Waals surface area (Å²) in [5.41, 5.74) is 1.03. The number of hydrogen-bond donors (Lipinski definition) is 1. The van der Waals surface area contributed by atoms with Gasteiger partial charge in [0.15, 0.2) is 0 Å². The minimum Gasteiger partial charge on any atom is -0.410 e. The summed E-state index contributed by atoms with van der Waals surface area (Å²) in [5.74, 6) is 0.661. The molecule has 0 fully saturated rings. The molecular weight excluding hydrogens is 154 g/mol. The first-order chi connectivity index (χ1) is 5.77. The second-order valence-corrected chi connectivity index (χ2v) is 2.79. The van der Waals surface area contributed by atoms with E-state index in [-0.39, 0.29) is 12.1 Å². The maximum absolute atomic E-state index is 10.9. The van der Waals surface area contributed by atoms with E-state index in [0.717, 1.165) is 5.56 Å². The van der Waals surface area contributed by atoms with Gasteiger partial charge in [-0.25, -0.2) is 4.79 Å². The molecule has 0 aliphatic carbocycles. The molecule has 62 valence electrons. The Morgan fingerprint density at radius 1 is 1.42 bits per heavy atom. The number of hydrogen-bond acceptors (Lipinski definition) is 2. The monoisotopic (exact) mass is 163 g/mol. The van der Waals surface area contributed by atoms with Crippen LogP contribution in [-0.4, -0.2) is 6.09 Å². The SMILES string of the molecule is CC1NC(=O)Oc2ccccc21. The van der Waals surface area contributed by atoms with Crippen LogP contribution in [0.1, 0.15) is 18.5 Å². The first-order valence-corrected chi connectivity index (χ1v) is 3.84. The van der Waals surface area contributed by atoms with E-state index in [0.29, 0.717) is 5.75 Å². The Hall–Kier alpha value is -1.51. The summed E-state index contributed by atoms with van der Waals surface area (Å²) in [4.78, 5) is 10.9. The molecule has 1 unspecified atom stereocenters. The van der Waals surface area contributed by atoms with Crippen molar-refractivity contribution in [2.75, 3.05) is 0 Å². The van der Waals surface area contributed by atoms with E-state index in [1.54, 1.807) is 6.07 Å². The van der Waals surface area contributed by atoms with Crippen LogP contribution in [0.4, 0.5) is 4.79 Å². The van der Waals surface area contributed by atoms with Crippen LogP contribution in [0.25, 0.3) is 0 Å². The van der Waals surface area contributed by atoms with Gasteiger partial charge < -0.3 is 10.1 Å². The molecule has 0 spiro atoms. The van der Waals surface area contributed by atoms with Crippen LogP contribution in [0.15, 0.2) is 24.3 Å². The summed E-state index contributed by atoms with van der Waals surface area (Å²) in [7, 11) is 0. The fourth-order valence-corrected chi connectivity index (χ4v) is 1.32. The van der Waals surface area contributed by atoms with Gasteiger partial charge in [-0.05, 0) is 13.0 Å². The van der Waals surface area contributed by atoms with E-state index in [2.05, 4.69) is 5.32 Å². The fourth-order valence-electron chi connectivity index (χ4n) is 1.32. The fraction of sp³-hybridized carbons (Fsp3) is 0.222. The third-order valence-corrected chi connectivity index (χ3v) is 1.92. The number of benzene rings is 1. The molecule has 1 heterocycles. The third-order valence-electron chi connectivity index (χ3n) is 1.92. The Bertz CT molecular complexity index is 322. The van der Waals surface area contributed by atoms with Crippen molar-refractivity contribution in [3.8, 4) is 5.75 Å². The van der Waals surface area contributed by atoms with E-state index >= 15 is 0 Å². The van der Waals surface area contributed by atoms with Gasteiger partial charge in [0.2, 0.25) is 0 Å². The summed E-state index contributed by atoms with van der Waals surface area (Å²) < 4.78 is 4.95. The zero-order chi connectivity index (χ0) is 8.55. The lowest BCUT2D eigenvalue weighted by Crippen LogP contribution is -2.34. The molecule has 1 aliphatic rings. The van der Waals surface area contributed by atoms with Gasteiger partial charge in [0.05, 0.1) is 6.04 Å². The molecule has 3 nitrogen and oxygen atoms in total. The van der Waals surface area contributed by atoms with Gasteiger partial charge in [-0.1, -0.05) is 18.2 Å². The van der Waals surface area contributed by atoms with Crippen LogP contribution >= 0.6 is 0 Å².